The van der Waals surface area contributed by atoms with Crippen LogP contribution < -0.4 is 0 Å². The number of aldehydes is 1. The Balaban J connectivity index is 2.98. The predicted molar refractivity (Wildman–Crippen MR) is 64.0 cm³/mol. The number of rotatable bonds is 11. The first-order valence-electron chi connectivity index (χ1n) is 5.99. The Kier molecular flexibility index (Phi) is 11.0. The molecule has 0 aromatic heterocycles. The molecule has 88 valence electrons. The summed E-state index contributed by atoms with van der Waals surface area (Å²) in [6.07, 6.45) is 11.1. The zero-order valence-electron chi connectivity index (χ0n) is 9.91. The van der Waals surface area contributed by atoms with Crippen molar-refractivity contribution in [2.24, 2.45) is 0 Å². The second-order valence-corrected chi connectivity index (χ2v) is 3.91. The lowest BCUT2D eigenvalue weighted by molar-refractivity contribution is -0.117. The van der Waals surface area contributed by atoms with E-state index in [2.05, 4.69) is 6.58 Å². The molecule has 15 heavy (non-hydrogen) atoms. The fourth-order valence-corrected chi connectivity index (χ4v) is 1.41. The fraction of sp³-hybridized carbons (Fsp3) is 0.769. The van der Waals surface area contributed by atoms with Crippen molar-refractivity contribution in [2.45, 2.75) is 58.0 Å². The molecule has 0 heterocycles. The normalized spacial score (nSPS) is 12.3. The molecule has 0 saturated carbocycles. The molecule has 0 spiro atoms. The van der Waals surface area contributed by atoms with Crippen LogP contribution in [0.2, 0.25) is 0 Å². The van der Waals surface area contributed by atoms with Crippen molar-refractivity contribution >= 4 is 6.29 Å². The molecule has 1 atom stereocenters. The number of carbonyl (C=O) groups excluding carboxylic acids is 1. The Morgan fingerprint density at radius 3 is 2.33 bits per heavy atom. The lowest BCUT2D eigenvalue weighted by atomic mass is 10.1. The van der Waals surface area contributed by atoms with E-state index in [1.807, 2.05) is 6.08 Å². The van der Waals surface area contributed by atoms with E-state index in [9.17, 15) is 4.79 Å². The Morgan fingerprint density at radius 1 is 1.13 bits per heavy atom. The molecule has 0 N–H and O–H groups in total. The molecule has 0 fully saturated rings. The van der Waals surface area contributed by atoms with E-state index in [1.54, 1.807) is 6.92 Å². The van der Waals surface area contributed by atoms with Gasteiger partial charge in [0.1, 0.15) is 12.4 Å². The molecule has 0 aromatic carbocycles. The first kappa shape index (κ1) is 14.4. The molecule has 0 aliphatic rings. The molecule has 2 nitrogen and oxygen atoms in total. The van der Waals surface area contributed by atoms with Gasteiger partial charge in [0.15, 0.2) is 0 Å². The summed E-state index contributed by atoms with van der Waals surface area (Å²) in [4.78, 5) is 10.2. The molecule has 2 heteroatoms. The van der Waals surface area contributed by atoms with Gasteiger partial charge in [-0.25, -0.2) is 0 Å². The molecule has 0 bridgehead atoms. The maximum atomic E-state index is 10.2. The fourth-order valence-electron chi connectivity index (χ4n) is 1.41. The molecule has 0 amide bonds. The standard InChI is InChI=1S/C13H24O2/c1-3-4-5-6-7-8-9-10-11-15-13(2)12-14/h3,12-13H,1,4-11H2,2H3. The van der Waals surface area contributed by atoms with Gasteiger partial charge in [0, 0.05) is 6.61 Å². The highest BCUT2D eigenvalue weighted by molar-refractivity contribution is 5.54. The molecular formula is C13H24O2. The monoisotopic (exact) mass is 212 g/mol. The van der Waals surface area contributed by atoms with Gasteiger partial charge in [-0.3, -0.25) is 0 Å². The van der Waals surface area contributed by atoms with Crippen LogP contribution in [0.15, 0.2) is 12.7 Å². The Morgan fingerprint density at radius 2 is 1.73 bits per heavy atom. The molecule has 1 unspecified atom stereocenters. The smallest absolute Gasteiger partial charge is 0.148 e. The van der Waals surface area contributed by atoms with E-state index < -0.39 is 0 Å². The van der Waals surface area contributed by atoms with Gasteiger partial charge in [-0.2, -0.15) is 0 Å². The Hall–Kier alpha value is -0.630. The van der Waals surface area contributed by atoms with Crippen LogP contribution >= 0.6 is 0 Å². The maximum absolute atomic E-state index is 10.2. The van der Waals surface area contributed by atoms with Crippen molar-refractivity contribution in [3.8, 4) is 0 Å². The van der Waals surface area contributed by atoms with Gasteiger partial charge in [0.05, 0.1) is 0 Å². The minimum Gasteiger partial charge on any atom is -0.371 e. The summed E-state index contributed by atoms with van der Waals surface area (Å²) in [5.41, 5.74) is 0. The second kappa shape index (κ2) is 11.4. The van der Waals surface area contributed by atoms with Crippen molar-refractivity contribution < 1.29 is 9.53 Å². The lowest BCUT2D eigenvalue weighted by Gasteiger charge is -2.05. The third-order valence-corrected chi connectivity index (χ3v) is 2.37. The first-order valence-corrected chi connectivity index (χ1v) is 5.99. The Bertz CT molecular complexity index is 155. The van der Waals surface area contributed by atoms with E-state index in [0.717, 1.165) is 19.1 Å². The van der Waals surface area contributed by atoms with Crippen LogP contribution in [0.3, 0.4) is 0 Å². The van der Waals surface area contributed by atoms with Crippen LogP contribution in [0.5, 0.6) is 0 Å². The van der Waals surface area contributed by atoms with Gasteiger partial charge in [-0.15, -0.1) is 6.58 Å². The van der Waals surface area contributed by atoms with Gasteiger partial charge in [0.25, 0.3) is 0 Å². The SMILES string of the molecule is C=CCCCCCCCCOC(C)C=O. The van der Waals surface area contributed by atoms with Gasteiger partial charge in [-0.05, 0) is 26.2 Å². The molecule has 0 saturated heterocycles. The van der Waals surface area contributed by atoms with E-state index in [-0.39, 0.29) is 6.10 Å². The van der Waals surface area contributed by atoms with Crippen LogP contribution in [0, 0.1) is 0 Å². The van der Waals surface area contributed by atoms with Crippen molar-refractivity contribution in [3.63, 3.8) is 0 Å². The first-order chi connectivity index (χ1) is 7.31. The molecule has 0 aliphatic heterocycles. The summed E-state index contributed by atoms with van der Waals surface area (Å²) < 4.78 is 5.25. The third kappa shape index (κ3) is 11.3. The highest BCUT2D eigenvalue weighted by Crippen LogP contribution is 2.07. The maximum Gasteiger partial charge on any atom is 0.148 e. The van der Waals surface area contributed by atoms with E-state index in [1.165, 1.54) is 32.1 Å². The largest absolute Gasteiger partial charge is 0.371 e. The van der Waals surface area contributed by atoms with Crippen LogP contribution in [0.1, 0.15) is 51.9 Å². The number of ether oxygens (including phenoxy) is 1. The van der Waals surface area contributed by atoms with Crippen molar-refractivity contribution in [1.82, 2.24) is 0 Å². The summed E-state index contributed by atoms with van der Waals surface area (Å²) >= 11 is 0. The van der Waals surface area contributed by atoms with E-state index >= 15 is 0 Å². The summed E-state index contributed by atoms with van der Waals surface area (Å²) in [5, 5.41) is 0. The highest BCUT2D eigenvalue weighted by atomic mass is 16.5. The highest BCUT2D eigenvalue weighted by Gasteiger charge is 1.97. The zero-order valence-corrected chi connectivity index (χ0v) is 9.91. The van der Waals surface area contributed by atoms with Gasteiger partial charge < -0.3 is 9.53 Å². The Labute approximate surface area is 93.7 Å². The minimum atomic E-state index is -0.238. The van der Waals surface area contributed by atoms with E-state index in [0.29, 0.717) is 6.61 Å². The third-order valence-electron chi connectivity index (χ3n) is 2.37. The average molecular weight is 212 g/mol. The minimum absolute atomic E-state index is 0.238. The van der Waals surface area contributed by atoms with Gasteiger partial charge >= 0.3 is 0 Å². The van der Waals surface area contributed by atoms with E-state index in [4.69, 9.17) is 4.74 Å². The summed E-state index contributed by atoms with van der Waals surface area (Å²) in [7, 11) is 0. The second-order valence-electron chi connectivity index (χ2n) is 3.91. The summed E-state index contributed by atoms with van der Waals surface area (Å²) in [6.45, 7) is 6.19. The molecule has 0 aliphatic carbocycles. The topological polar surface area (TPSA) is 26.3 Å². The predicted octanol–water partition coefficient (Wildman–Crippen LogP) is 3.51. The molecule has 0 aromatic rings. The van der Waals surface area contributed by atoms with Crippen molar-refractivity contribution in [2.75, 3.05) is 6.61 Å². The van der Waals surface area contributed by atoms with Crippen LogP contribution in [-0.2, 0) is 9.53 Å². The van der Waals surface area contributed by atoms with Gasteiger partial charge in [-0.1, -0.05) is 31.8 Å². The molecular weight excluding hydrogens is 188 g/mol. The van der Waals surface area contributed by atoms with Crippen LogP contribution in [-0.4, -0.2) is 19.0 Å². The summed E-state index contributed by atoms with van der Waals surface area (Å²) in [5.74, 6) is 0. The number of unbranched alkanes of at least 4 members (excludes halogenated alkanes) is 6. The number of carbonyl (C=O) groups is 1. The van der Waals surface area contributed by atoms with Crippen molar-refractivity contribution in [3.05, 3.63) is 12.7 Å². The zero-order chi connectivity index (χ0) is 11.4. The van der Waals surface area contributed by atoms with Crippen molar-refractivity contribution in [1.29, 1.82) is 0 Å². The number of hydrogen-bond acceptors (Lipinski definition) is 2. The molecule has 0 rings (SSSR count). The average Bonchev–Trinajstić information content (AvgIpc) is 2.26. The number of hydrogen-bond donors (Lipinski definition) is 0. The van der Waals surface area contributed by atoms with Crippen LogP contribution in [0.25, 0.3) is 0 Å². The lowest BCUT2D eigenvalue weighted by Crippen LogP contribution is -2.09. The van der Waals surface area contributed by atoms with Crippen LogP contribution in [0.4, 0.5) is 0 Å². The quantitative estimate of drug-likeness (QED) is 0.297. The molecule has 0 radical (unpaired) electrons. The van der Waals surface area contributed by atoms with Gasteiger partial charge in [0.2, 0.25) is 0 Å². The summed E-state index contributed by atoms with van der Waals surface area (Å²) in [6, 6.07) is 0. The number of allylic oxidation sites excluding steroid dienone is 1.